The quantitative estimate of drug-likeness (QED) is 0.774. The van der Waals surface area contributed by atoms with Gasteiger partial charge in [0.05, 0.1) is 6.42 Å². The van der Waals surface area contributed by atoms with Gasteiger partial charge in [-0.15, -0.1) is 0 Å². The summed E-state index contributed by atoms with van der Waals surface area (Å²) in [4.78, 5) is 7.88. The second-order valence-corrected chi connectivity index (χ2v) is 4.70. The molecule has 0 radical (unpaired) electrons. The molecule has 0 saturated carbocycles. The van der Waals surface area contributed by atoms with E-state index in [-0.39, 0.29) is 17.4 Å². The van der Waals surface area contributed by atoms with Crippen LogP contribution in [0.5, 0.6) is 0 Å². The number of rotatable bonds is 4. The standard InChI is InChI=1S/C11H14ClF3N2/c1-7(2)5-8-6-9(12)17-10(16-8)3-4-11(13,14)15/h6-7H,3-5H2,1-2H3. The van der Waals surface area contributed by atoms with Gasteiger partial charge in [0.2, 0.25) is 0 Å². The minimum atomic E-state index is -4.19. The molecule has 0 N–H and O–H groups in total. The van der Waals surface area contributed by atoms with Gasteiger partial charge in [0.25, 0.3) is 0 Å². The highest BCUT2D eigenvalue weighted by Crippen LogP contribution is 2.22. The van der Waals surface area contributed by atoms with Gasteiger partial charge < -0.3 is 0 Å². The van der Waals surface area contributed by atoms with Crippen LogP contribution in [0.4, 0.5) is 13.2 Å². The van der Waals surface area contributed by atoms with Crippen LogP contribution in [0.25, 0.3) is 0 Å². The molecule has 0 aliphatic rings. The predicted molar refractivity (Wildman–Crippen MR) is 60.0 cm³/mol. The second-order valence-electron chi connectivity index (χ2n) is 4.31. The van der Waals surface area contributed by atoms with Crippen molar-refractivity contribution in [3.63, 3.8) is 0 Å². The Morgan fingerprint density at radius 2 is 1.94 bits per heavy atom. The average molecular weight is 267 g/mol. The van der Waals surface area contributed by atoms with Crippen LogP contribution in [-0.4, -0.2) is 16.1 Å². The first-order chi connectivity index (χ1) is 7.76. The lowest BCUT2D eigenvalue weighted by Gasteiger charge is -2.08. The van der Waals surface area contributed by atoms with Gasteiger partial charge in [-0.3, -0.25) is 0 Å². The van der Waals surface area contributed by atoms with E-state index in [9.17, 15) is 13.2 Å². The lowest BCUT2D eigenvalue weighted by atomic mass is 10.1. The molecule has 0 saturated heterocycles. The summed E-state index contributed by atoms with van der Waals surface area (Å²) in [7, 11) is 0. The summed E-state index contributed by atoms with van der Waals surface area (Å²) in [5.41, 5.74) is 0.692. The largest absolute Gasteiger partial charge is 0.389 e. The number of hydrogen-bond donors (Lipinski definition) is 0. The SMILES string of the molecule is CC(C)Cc1cc(Cl)nc(CCC(F)(F)F)n1. The number of alkyl halides is 3. The van der Waals surface area contributed by atoms with Crippen molar-refractivity contribution in [3.8, 4) is 0 Å². The molecule has 1 heterocycles. The van der Waals surface area contributed by atoms with Crippen LogP contribution in [0, 0.1) is 5.92 Å². The minimum absolute atomic E-state index is 0.158. The highest BCUT2D eigenvalue weighted by Gasteiger charge is 2.27. The summed E-state index contributed by atoms with van der Waals surface area (Å²) in [6, 6.07) is 1.60. The van der Waals surface area contributed by atoms with Crippen LogP contribution < -0.4 is 0 Å². The smallest absolute Gasteiger partial charge is 0.238 e. The Labute approximate surface area is 103 Å². The number of aryl methyl sites for hydroxylation is 1. The normalized spacial score (nSPS) is 12.2. The van der Waals surface area contributed by atoms with Crippen molar-refractivity contribution in [3.05, 3.63) is 22.7 Å². The summed E-state index contributed by atoms with van der Waals surface area (Å²) < 4.78 is 36.2. The molecule has 1 rings (SSSR count). The molecule has 2 nitrogen and oxygen atoms in total. The van der Waals surface area contributed by atoms with E-state index in [2.05, 4.69) is 9.97 Å². The summed E-state index contributed by atoms with van der Waals surface area (Å²) in [5.74, 6) is 0.530. The summed E-state index contributed by atoms with van der Waals surface area (Å²) in [5, 5.41) is 0.202. The highest BCUT2D eigenvalue weighted by molar-refractivity contribution is 6.29. The van der Waals surface area contributed by atoms with Gasteiger partial charge in [0.1, 0.15) is 11.0 Å². The van der Waals surface area contributed by atoms with Crippen LogP contribution in [-0.2, 0) is 12.8 Å². The van der Waals surface area contributed by atoms with Crippen LogP contribution >= 0.6 is 11.6 Å². The molecule has 0 aromatic carbocycles. The lowest BCUT2D eigenvalue weighted by molar-refractivity contribution is -0.134. The van der Waals surface area contributed by atoms with Gasteiger partial charge in [-0.2, -0.15) is 13.2 Å². The van der Waals surface area contributed by atoms with Crippen molar-refractivity contribution in [2.24, 2.45) is 5.92 Å². The zero-order valence-electron chi connectivity index (χ0n) is 9.68. The first-order valence-electron chi connectivity index (χ1n) is 5.35. The van der Waals surface area contributed by atoms with Gasteiger partial charge in [0, 0.05) is 12.1 Å². The Balaban J connectivity index is 2.75. The third-order valence-corrected chi connectivity index (χ3v) is 2.24. The fourth-order valence-electron chi connectivity index (χ4n) is 1.40. The molecule has 0 unspecified atom stereocenters. The van der Waals surface area contributed by atoms with E-state index >= 15 is 0 Å². The van der Waals surface area contributed by atoms with Crippen molar-refractivity contribution in [1.82, 2.24) is 9.97 Å². The number of nitrogens with zero attached hydrogens (tertiary/aromatic N) is 2. The fraction of sp³-hybridized carbons (Fsp3) is 0.636. The molecule has 0 spiro atoms. The van der Waals surface area contributed by atoms with Gasteiger partial charge in [-0.05, 0) is 18.4 Å². The van der Waals surface area contributed by atoms with Crippen molar-refractivity contribution in [2.45, 2.75) is 39.3 Å². The number of halogens is 4. The minimum Gasteiger partial charge on any atom is -0.238 e. The molecule has 0 aliphatic carbocycles. The molecule has 0 atom stereocenters. The van der Waals surface area contributed by atoms with Crippen LogP contribution in [0.2, 0.25) is 5.15 Å². The molecule has 96 valence electrons. The summed E-state index contributed by atoms with van der Waals surface area (Å²) in [6.07, 6.45) is -4.66. The second kappa shape index (κ2) is 5.67. The van der Waals surface area contributed by atoms with Crippen molar-refractivity contribution >= 4 is 11.6 Å². The van der Waals surface area contributed by atoms with E-state index in [0.29, 0.717) is 18.0 Å². The Morgan fingerprint density at radius 3 is 2.47 bits per heavy atom. The third-order valence-electron chi connectivity index (χ3n) is 2.04. The first-order valence-corrected chi connectivity index (χ1v) is 5.73. The monoisotopic (exact) mass is 266 g/mol. The van der Waals surface area contributed by atoms with Gasteiger partial charge >= 0.3 is 6.18 Å². The maximum Gasteiger partial charge on any atom is 0.389 e. The Morgan fingerprint density at radius 1 is 1.29 bits per heavy atom. The van der Waals surface area contributed by atoms with Crippen molar-refractivity contribution < 1.29 is 13.2 Å². The predicted octanol–water partition coefficient (Wildman–Crippen LogP) is 3.82. The van der Waals surface area contributed by atoms with Gasteiger partial charge in [-0.25, -0.2) is 9.97 Å². The van der Waals surface area contributed by atoms with Gasteiger partial charge in [0.15, 0.2) is 0 Å². The molecule has 0 amide bonds. The number of hydrogen-bond acceptors (Lipinski definition) is 2. The van der Waals surface area contributed by atoms with E-state index < -0.39 is 12.6 Å². The van der Waals surface area contributed by atoms with E-state index in [1.807, 2.05) is 13.8 Å². The maximum atomic E-state index is 12.1. The molecule has 0 bridgehead atoms. The van der Waals surface area contributed by atoms with Crippen molar-refractivity contribution in [2.75, 3.05) is 0 Å². The molecule has 1 aromatic heterocycles. The van der Waals surface area contributed by atoms with Crippen LogP contribution in [0.3, 0.4) is 0 Å². The van der Waals surface area contributed by atoms with Crippen molar-refractivity contribution in [1.29, 1.82) is 0 Å². The highest BCUT2D eigenvalue weighted by atomic mass is 35.5. The van der Waals surface area contributed by atoms with E-state index in [1.54, 1.807) is 6.07 Å². The fourth-order valence-corrected chi connectivity index (χ4v) is 1.63. The van der Waals surface area contributed by atoms with E-state index in [1.165, 1.54) is 0 Å². The van der Waals surface area contributed by atoms with Gasteiger partial charge in [-0.1, -0.05) is 25.4 Å². The molecule has 0 aliphatic heterocycles. The first kappa shape index (κ1) is 14.2. The van der Waals surface area contributed by atoms with E-state index in [4.69, 9.17) is 11.6 Å². The average Bonchev–Trinajstić information content (AvgIpc) is 2.11. The zero-order chi connectivity index (χ0) is 13.1. The van der Waals surface area contributed by atoms with Crippen LogP contribution in [0.15, 0.2) is 6.07 Å². The summed E-state index contributed by atoms with van der Waals surface area (Å²) in [6.45, 7) is 4.01. The van der Waals surface area contributed by atoms with Crippen LogP contribution in [0.1, 0.15) is 31.8 Å². The Hall–Kier alpha value is -0.840. The molecular formula is C11H14ClF3N2. The van der Waals surface area contributed by atoms with E-state index in [0.717, 1.165) is 0 Å². The molecular weight excluding hydrogens is 253 g/mol. The Kier molecular flexibility index (Phi) is 4.74. The molecule has 0 fully saturated rings. The molecule has 1 aromatic rings. The summed E-state index contributed by atoms with van der Waals surface area (Å²) >= 11 is 5.75. The Bertz CT molecular complexity index is 377. The third kappa shape index (κ3) is 5.86. The number of aromatic nitrogens is 2. The molecule has 6 heteroatoms. The lowest BCUT2D eigenvalue weighted by Crippen LogP contribution is -2.11. The zero-order valence-corrected chi connectivity index (χ0v) is 10.4. The maximum absolute atomic E-state index is 12.1. The topological polar surface area (TPSA) is 25.8 Å². The molecule has 17 heavy (non-hydrogen) atoms.